The molecule has 232 valence electrons. The van der Waals surface area contributed by atoms with Gasteiger partial charge in [-0.15, -0.1) is 0 Å². The number of pyridine rings is 1. The van der Waals surface area contributed by atoms with Gasteiger partial charge in [0.2, 0.25) is 10.0 Å². The molecular formula is C31H34N4O8S. The number of benzene rings is 3. The molecule has 0 saturated carbocycles. The summed E-state index contributed by atoms with van der Waals surface area (Å²) < 4.78 is 35.2. The van der Waals surface area contributed by atoms with Gasteiger partial charge < -0.3 is 19.8 Å². The van der Waals surface area contributed by atoms with Gasteiger partial charge in [0.15, 0.2) is 0 Å². The molecule has 3 N–H and O–H groups in total. The number of sulfonamides is 1. The van der Waals surface area contributed by atoms with Gasteiger partial charge >= 0.3 is 6.09 Å². The van der Waals surface area contributed by atoms with Crippen molar-refractivity contribution in [3.8, 4) is 11.1 Å². The Morgan fingerprint density at radius 1 is 1.05 bits per heavy atom. The number of amides is 1. The molecular weight excluding hydrogens is 588 g/mol. The number of carbonyl (C=O) groups is 1. The average molecular weight is 623 g/mol. The highest BCUT2D eigenvalue weighted by Gasteiger charge is 2.28. The third-order valence-electron chi connectivity index (χ3n) is 6.65. The first-order chi connectivity index (χ1) is 20.7. The number of aliphatic hydroxyl groups excluding tert-OH is 2. The summed E-state index contributed by atoms with van der Waals surface area (Å²) in [4.78, 5) is 28.6. The van der Waals surface area contributed by atoms with Gasteiger partial charge in [-0.2, -0.15) is 0 Å². The molecule has 1 heterocycles. The van der Waals surface area contributed by atoms with E-state index in [0.29, 0.717) is 16.3 Å². The number of nitro benzene ring substituents is 1. The molecule has 4 aromatic rings. The second-order valence-corrected chi connectivity index (χ2v) is 12.9. The highest BCUT2D eigenvalue weighted by Crippen LogP contribution is 2.30. The van der Waals surface area contributed by atoms with Crippen LogP contribution in [0.15, 0.2) is 90.1 Å². The van der Waals surface area contributed by atoms with Gasteiger partial charge in [-0.25, -0.2) is 17.9 Å². The summed E-state index contributed by atoms with van der Waals surface area (Å²) in [5, 5.41) is 33.5. The lowest BCUT2D eigenvalue weighted by Crippen LogP contribution is -2.45. The van der Waals surface area contributed by atoms with Crippen LogP contribution in [0, 0.1) is 10.1 Å². The van der Waals surface area contributed by atoms with Crippen molar-refractivity contribution in [1.29, 1.82) is 0 Å². The highest BCUT2D eigenvalue weighted by atomic mass is 32.2. The van der Waals surface area contributed by atoms with E-state index in [0.717, 1.165) is 10.5 Å². The van der Waals surface area contributed by atoms with Crippen LogP contribution in [0.1, 0.15) is 32.4 Å². The molecule has 0 aliphatic heterocycles. The molecule has 0 spiro atoms. The van der Waals surface area contributed by atoms with Gasteiger partial charge in [-0.05, 0) is 67.8 Å². The third kappa shape index (κ3) is 8.14. The number of nitrogens with zero attached hydrogens (tertiary/aromatic N) is 3. The van der Waals surface area contributed by atoms with E-state index in [1.807, 2.05) is 36.4 Å². The average Bonchev–Trinajstić information content (AvgIpc) is 2.99. The summed E-state index contributed by atoms with van der Waals surface area (Å²) in [6.07, 6.45) is -0.736. The number of aliphatic hydroxyl groups is 2. The van der Waals surface area contributed by atoms with E-state index in [1.54, 1.807) is 39.1 Å². The Hall–Kier alpha value is -4.43. The minimum absolute atomic E-state index is 0.0358. The molecule has 0 aliphatic rings. The molecule has 3 aromatic carbocycles. The van der Waals surface area contributed by atoms with E-state index in [4.69, 9.17) is 4.74 Å². The van der Waals surface area contributed by atoms with Crippen molar-refractivity contribution in [1.82, 2.24) is 14.6 Å². The van der Waals surface area contributed by atoms with Crippen LogP contribution in [0.3, 0.4) is 0 Å². The van der Waals surface area contributed by atoms with Gasteiger partial charge in [0, 0.05) is 48.4 Å². The summed E-state index contributed by atoms with van der Waals surface area (Å²) >= 11 is 0. The van der Waals surface area contributed by atoms with Gasteiger partial charge in [0.1, 0.15) is 17.8 Å². The second-order valence-electron chi connectivity index (χ2n) is 11.1. The number of hydrogen-bond donors (Lipinski definition) is 3. The van der Waals surface area contributed by atoms with E-state index in [-0.39, 0.29) is 29.2 Å². The van der Waals surface area contributed by atoms with Crippen LogP contribution in [0.2, 0.25) is 0 Å². The highest BCUT2D eigenvalue weighted by molar-refractivity contribution is 7.89. The smallest absolute Gasteiger partial charge is 0.410 e. The Kier molecular flexibility index (Phi) is 9.95. The lowest BCUT2D eigenvalue weighted by atomic mass is 10.0. The molecule has 2 atom stereocenters. The fraction of sp³-hybridized carbons (Fsp3) is 0.290. The van der Waals surface area contributed by atoms with Gasteiger partial charge in [0.05, 0.1) is 16.4 Å². The number of aromatic nitrogens is 1. The zero-order valence-electron chi connectivity index (χ0n) is 24.5. The van der Waals surface area contributed by atoms with Crippen molar-refractivity contribution in [2.45, 2.75) is 43.5 Å². The van der Waals surface area contributed by atoms with E-state index < -0.39 is 45.4 Å². The molecule has 1 aromatic heterocycles. The van der Waals surface area contributed by atoms with Crippen molar-refractivity contribution in [3.05, 3.63) is 101 Å². The first-order valence-electron chi connectivity index (χ1n) is 13.8. The minimum Gasteiger partial charge on any atom is -0.444 e. The summed E-state index contributed by atoms with van der Waals surface area (Å²) in [7, 11) is -4.10. The van der Waals surface area contributed by atoms with Crippen LogP contribution in [-0.4, -0.2) is 70.9 Å². The lowest BCUT2D eigenvalue weighted by Gasteiger charge is -2.30. The zero-order valence-corrected chi connectivity index (χ0v) is 25.3. The van der Waals surface area contributed by atoms with Crippen molar-refractivity contribution in [2.75, 3.05) is 19.6 Å². The normalized spacial score (nSPS) is 13.3. The molecule has 44 heavy (non-hydrogen) atoms. The summed E-state index contributed by atoms with van der Waals surface area (Å²) in [6.45, 7) is 4.14. The van der Waals surface area contributed by atoms with E-state index in [9.17, 15) is 33.5 Å². The molecule has 0 radical (unpaired) electrons. The lowest BCUT2D eigenvalue weighted by molar-refractivity contribution is -0.384. The molecule has 4 rings (SSSR count). The SMILES string of the molecule is CC(C)(C)OC(=O)N(CCNS(=O)(=O)c1cc(-c2ccccc2)cc2cnccc12)CC(O)C(O)c1ccc([N+](=O)[O-])cc1. The number of ether oxygens (including phenoxy) is 1. The number of fused-ring (bicyclic) bond motifs is 1. The Morgan fingerprint density at radius 3 is 2.36 bits per heavy atom. The van der Waals surface area contributed by atoms with Crippen molar-refractivity contribution >= 4 is 32.6 Å². The zero-order chi connectivity index (χ0) is 32.1. The van der Waals surface area contributed by atoms with Crippen LogP contribution in [0.25, 0.3) is 21.9 Å². The Bertz CT molecular complexity index is 1730. The molecule has 0 bridgehead atoms. The number of non-ortho nitro benzene ring substituents is 1. The maximum atomic E-state index is 13.6. The first-order valence-corrected chi connectivity index (χ1v) is 15.2. The first kappa shape index (κ1) is 32.5. The molecule has 0 fully saturated rings. The monoisotopic (exact) mass is 622 g/mol. The van der Waals surface area contributed by atoms with Crippen LogP contribution in [0.5, 0.6) is 0 Å². The molecule has 1 amide bonds. The van der Waals surface area contributed by atoms with E-state index in [1.165, 1.54) is 30.5 Å². The fourth-order valence-corrected chi connectivity index (χ4v) is 5.78. The quantitative estimate of drug-likeness (QED) is 0.162. The number of hydrogen-bond acceptors (Lipinski definition) is 9. The second kappa shape index (κ2) is 13.5. The standard InChI is InChI=1S/C31H34N4O8S/c1-31(2,3)43-30(38)34(20-27(36)29(37)22-9-11-25(12-10-22)35(39)40)16-15-33-44(41,42)28-18-23(21-7-5-4-6-8-21)17-24-19-32-14-13-26(24)28/h4-14,17-19,27,29,33,36-37H,15-16,20H2,1-3H3. The van der Waals surface area contributed by atoms with E-state index in [2.05, 4.69) is 9.71 Å². The predicted octanol–water partition coefficient (Wildman–Crippen LogP) is 4.42. The van der Waals surface area contributed by atoms with Crippen molar-refractivity contribution < 1.29 is 33.1 Å². The van der Waals surface area contributed by atoms with Gasteiger partial charge in [0.25, 0.3) is 5.69 Å². The largest absolute Gasteiger partial charge is 0.444 e. The van der Waals surface area contributed by atoms with Crippen LogP contribution < -0.4 is 4.72 Å². The maximum Gasteiger partial charge on any atom is 0.410 e. The van der Waals surface area contributed by atoms with Crippen LogP contribution in [0.4, 0.5) is 10.5 Å². The number of rotatable bonds is 11. The molecule has 2 unspecified atom stereocenters. The Labute approximate surface area is 255 Å². The molecule has 13 heteroatoms. The molecule has 0 saturated heterocycles. The molecule has 0 aliphatic carbocycles. The maximum absolute atomic E-state index is 13.6. The summed E-state index contributed by atoms with van der Waals surface area (Å²) in [5.74, 6) is 0. The van der Waals surface area contributed by atoms with Crippen molar-refractivity contribution in [3.63, 3.8) is 0 Å². The Morgan fingerprint density at radius 2 is 1.73 bits per heavy atom. The van der Waals surface area contributed by atoms with Gasteiger partial charge in [-0.1, -0.05) is 30.3 Å². The fourth-order valence-electron chi connectivity index (χ4n) is 4.51. The number of nitrogens with one attached hydrogen (secondary N) is 1. The predicted molar refractivity (Wildman–Crippen MR) is 164 cm³/mol. The van der Waals surface area contributed by atoms with Crippen LogP contribution >= 0.6 is 0 Å². The van der Waals surface area contributed by atoms with Gasteiger partial charge in [-0.3, -0.25) is 15.1 Å². The summed E-state index contributed by atoms with van der Waals surface area (Å²) in [5.41, 5.74) is 0.641. The van der Waals surface area contributed by atoms with E-state index >= 15 is 0 Å². The summed E-state index contributed by atoms with van der Waals surface area (Å²) in [6, 6.07) is 19.4. The Balaban J connectivity index is 1.54. The number of nitro groups is 1. The van der Waals surface area contributed by atoms with Crippen molar-refractivity contribution in [2.24, 2.45) is 0 Å². The molecule has 12 nitrogen and oxygen atoms in total. The minimum atomic E-state index is -4.10. The number of carbonyl (C=O) groups excluding carboxylic acids is 1. The van der Waals surface area contributed by atoms with Crippen LogP contribution in [-0.2, 0) is 14.8 Å². The topological polar surface area (TPSA) is 172 Å². The third-order valence-corrected chi connectivity index (χ3v) is 8.16.